The summed E-state index contributed by atoms with van der Waals surface area (Å²) in [7, 11) is 3.38. The predicted octanol–water partition coefficient (Wildman–Crippen LogP) is 4.83. The lowest BCUT2D eigenvalue weighted by Crippen LogP contribution is -2.31. The third kappa shape index (κ3) is 6.42. The first-order valence-corrected chi connectivity index (χ1v) is 9.76. The average molecular weight is 511 g/mol. The lowest BCUT2D eigenvalue weighted by atomic mass is 9.96. The highest BCUT2D eigenvalue weighted by atomic mass is 127. The highest BCUT2D eigenvalue weighted by Gasteiger charge is 2.20. The van der Waals surface area contributed by atoms with E-state index in [0.717, 1.165) is 35.6 Å². The summed E-state index contributed by atoms with van der Waals surface area (Å²) < 4.78 is 17.1. The Morgan fingerprint density at radius 3 is 2.55 bits per heavy atom. The van der Waals surface area contributed by atoms with Crippen LogP contribution in [0.15, 0.2) is 47.5 Å². The zero-order valence-corrected chi connectivity index (χ0v) is 19.6. The molecule has 0 heterocycles. The molecule has 7 heteroatoms. The van der Waals surface area contributed by atoms with Crippen molar-refractivity contribution >= 4 is 35.6 Å². The van der Waals surface area contributed by atoms with Gasteiger partial charge >= 0.3 is 0 Å². The Morgan fingerprint density at radius 1 is 1.10 bits per heavy atom. The fraction of sp³-hybridized carbons (Fsp3) is 0.409. The van der Waals surface area contributed by atoms with Gasteiger partial charge in [-0.1, -0.05) is 18.2 Å². The molecular weight excluding hydrogens is 481 g/mol. The normalized spacial score (nSPS) is 13.7. The molecule has 0 unspecified atom stereocenters. The molecule has 0 aromatic heterocycles. The first-order chi connectivity index (χ1) is 13.7. The fourth-order valence-electron chi connectivity index (χ4n) is 2.95. The molecular formula is C22H30IN3O3. The van der Waals surface area contributed by atoms with Crippen LogP contribution in [0.2, 0.25) is 0 Å². The van der Waals surface area contributed by atoms with E-state index in [-0.39, 0.29) is 24.0 Å². The van der Waals surface area contributed by atoms with Crippen LogP contribution in [0.3, 0.4) is 0 Å². The highest BCUT2D eigenvalue weighted by molar-refractivity contribution is 14.0. The van der Waals surface area contributed by atoms with Gasteiger partial charge in [-0.2, -0.15) is 0 Å². The molecule has 1 saturated carbocycles. The Balaban J connectivity index is 0.00000300. The number of benzene rings is 2. The quantitative estimate of drug-likeness (QED) is 0.302. The summed E-state index contributed by atoms with van der Waals surface area (Å²) in [5.41, 5.74) is 1.98. The van der Waals surface area contributed by atoms with Gasteiger partial charge in [0, 0.05) is 30.9 Å². The van der Waals surface area contributed by atoms with Crippen molar-refractivity contribution in [1.82, 2.24) is 5.32 Å². The van der Waals surface area contributed by atoms with Crippen LogP contribution < -0.4 is 24.8 Å². The van der Waals surface area contributed by atoms with Crippen molar-refractivity contribution in [2.45, 2.75) is 38.8 Å². The standard InChI is InChI=1S/C22H29N3O3.HI/c1-4-27-20-13-12-17(14-21(20)26-3)25-22(23-2)24-15-16-8-5-6-11-19(16)28-18-9-7-10-18;/h5-6,8,11-14,18H,4,7,9-10,15H2,1-3H3,(H2,23,24,25);1H. The van der Waals surface area contributed by atoms with Gasteiger partial charge in [0.05, 0.1) is 19.8 Å². The van der Waals surface area contributed by atoms with E-state index in [9.17, 15) is 0 Å². The van der Waals surface area contributed by atoms with Crippen LogP contribution in [-0.4, -0.2) is 32.8 Å². The van der Waals surface area contributed by atoms with Crippen LogP contribution in [0.25, 0.3) is 0 Å². The number of halogens is 1. The zero-order valence-electron chi connectivity index (χ0n) is 17.2. The molecule has 0 saturated heterocycles. The van der Waals surface area contributed by atoms with Gasteiger partial charge in [0.15, 0.2) is 17.5 Å². The molecule has 2 N–H and O–H groups in total. The first-order valence-electron chi connectivity index (χ1n) is 9.76. The molecule has 158 valence electrons. The van der Waals surface area contributed by atoms with E-state index in [1.807, 2.05) is 43.3 Å². The Hall–Kier alpha value is -2.16. The predicted molar refractivity (Wildman–Crippen MR) is 128 cm³/mol. The van der Waals surface area contributed by atoms with Crippen LogP contribution in [0.4, 0.5) is 5.69 Å². The van der Waals surface area contributed by atoms with Gasteiger partial charge in [0.25, 0.3) is 0 Å². The van der Waals surface area contributed by atoms with Gasteiger partial charge in [-0.25, -0.2) is 0 Å². The van der Waals surface area contributed by atoms with Crippen molar-refractivity contribution in [3.63, 3.8) is 0 Å². The average Bonchev–Trinajstić information content (AvgIpc) is 2.69. The number of hydrogen-bond donors (Lipinski definition) is 2. The minimum absolute atomic E-state index is 0. The molecule has 1 fully saturated rings. The van der Waals surface area contributed by atoms with Gasteiger partial charge < -0.3 is 24.8 Å². The van der Waals surface area contributed by atoms with Crippen LogP contribution in [0, 0.1) is 0 Å². The fourth-order valence-corrected chi connectivity index (χ4v) is 2.95. The van der Waals surface area contributed by atoms with E-state index in [4.69, 9.17) is 14.2 Å². The van der Waals surface area contributed by atoms with E-state index < -0.39 is 0 Å². The Kier molecular flexibility index (Phi) is 9.37. The van der Waals surface area contributed by atoms with E-state index in [1.165, 1.54) is 6.42 Å². The van der Waals surface area contributed by atoms with Gasteiger partial charge in [0.2, 0.25) is 0 Å². The maximum atomic E-state index is 6.10. The maximum absolute atomic E-state index is 6.10. The summed E-state index contributed by atoms with van der Waals surface area (Å²) in [6, 6.07) is 13.9. The number of ether oxygens (including phenoxy) is 3. The van der Waals surface area contributed by atoms with Gasteiger partial charge in [-0.15, -0.1) is 24.0 Å². The molecule has 1 aliphatic carbocycles. The van der Waals surface area contributed by atoms with Crippen molar-refractivity contribution in [2.75, 3.05) is 26.1 Å². The minimum atomic E-state index is 0. The second-order valence-electron chi connectivity index (χ2n) is 6.63. The highest BCUT2D eigenvalue weighted by Crippen LogP contribution is 2.30. The maximum Gasteiger partial charge on any atom is 0.195 e. The van der Waals surface area contributed by atoms with Crippen LogP contribution in [0.5, 0.6) is 17.2 Å². The van der Waals surface area contributed by atoms with E-state index in [2.05, 4.69) is 21.7 Å². The number of nitrogens with zero attached hydrogens (tertiary/aromatic N) is 1. The van der Waals surface area contributed by atoms with Gasteiger partial charge in [0.1, 0.15) is 5.75 Å². The van der Waals surface area contributed by atoms with E-state index >= 15 is 0 Å². The summed E-state index contributed by atoms with van der Waals surface area (Å²) in [6.07, 6.45) is 3.90. The monoisotopic (exact) mass is 511 g/mol. The van der Waals surface area contributed by atoms with Gasteiger partial charge in [-0.3, -0.25) is 4.99 Å². The molecule has 2 aromatic rings. The summed E-state index contributed by atoms with van der Waals surface area (Å²) in [5.74, 6) is 3.02. The summed E-state index contributed by atoms with van der Waals surface area (Å²) in [4.78, 5) is 4.31. The lowest BCUT2D eigenvalue weighted by molar-refractivity contribution is 0.119. The summed E-state index contributed by atoms with van der Waals surface area (Å²) in [5, 5.41) is 6.64. The smallest absolute Gasteiger partial charge is 0.195 e. The number of nitrogens with one attached hydrogen (secondary N) is 2. The number of para-hydroxylation sites is 1. The molecule has 0 aliphatic heterocycles. The molecule has 0 atom stereocenters. The lowest BCUT2D eigenvalue weighted by Gasteiger charge is -2.27. The number of aliphatic imine (C=N–C) groups is 1. The minimum Gasteiger partial charge on any atom is -0.493 e. The SMILES string of the molecule is CCOc1ccc(NC(=NC)NCc2ccccc2OC2CCC2)cc1OC.I. The topological polar surface area (TPSA) is 64.1 Å². The van der Waals surface area contributed by atoms with Crippen LogP contribution >= 0.6 is 24.0 Å². The number of anilines is 1. The Bertz CT molecular complexity index is 810. The van der Waals surface area contributed by atoms with Gasteiger partial charge in [-0.05, 0) is 44.4 Å². The van der Waals surface area contributed by atoms with E-state index in [1.54, 1.807) is 14.2 Å². The molecule has 6 nitrogen and oxygen atoms in total. The number of methoxy groups -OCH3 is 1. The molecule has 0 bridgehead atoms. The second kappa shape index (κ2) is 11.7. The number of rotatable bonds is 8. The van der Waals surface area contributed by atoms with Crippen molar-refractivity contribution in [2.24, 2.45) is 4.99 Å². The van der Waals surface area contributed by atoms with E-state index in [0.29, 0.717) is 31.0 Å². The largest absolute Gasteiger partial charge is 0.493 e. The summed E-state index contributed by atoms with van der Waals surface area (Å²) in [6.45, 7) is 3.16. The summed E-state index contributed by atoms with van der Waals surface area (Å²) >= 11 is 0. The van der Waals surface area contributed by atoms with Crippen LogP contribution in [0.1, 0.15) is 31.7 Å². The first kappa shape index (κ1) is 23.1. The number of hydrogen-bond acceptors (Lipinski definition) is 4. The molecule has 1 aliphatic rings. The molecule has 0 amide bonds. The molecule has 0 radical (unpaired) electrons. The zero-order chi connectivity index (χ0) is 19.8. The molecule has 3 rings (SSSR count). The van der Waals surface area contributed by atoms with Crippen molar-refractivity contribution in [3.05, 3.63) is 48.0 Å². The third-order valence-corrected chi connectivity index (χ3v) is 4.71. The Labute approximate surface area is 190 Å². The number of guanidine groups is 1. The third-order valence-electron chi connectivity index (χ3n) is 4.71. The van der Waals surface area contributed by atoms with Crippen molar-refractivity contribution in [1.29, 1.82) is 0 Å². The van der Waals surface area contributed by atoms with Crippen molar-refractivity contribution in [3.8, 4) is 17.2 Å². The van der Waals surface area contributed by atoms with Crippen LogP contribution in [-0.2, 0) is 6.54 Å². The van der Waals surface area contributed by atoms with Crippen molar-refractivity contribution < 1.29 is 14.2 Å². The second-order valence-corrected chi connectivity index (χ2v) is 6.63. The Morgan fingerprint density at radius 2 is 1.90 bits per heavy atom. The molecule has 2 aromatic carbocycles. The molecule has 29 heavy (non-hydrogen) atoms. The molecule has 0 spiro atoms.